The van der Waals surface area contributed by atoms with E-state index in [1.54, 1.807) is 0 Å². The SMILES string of the molecule is FC(F)(F)C1C=CC2=C(CCCO2)C1. The van der Waals surface area contributed by atoms with Crippen LogP contribution < -0.4 is 0 Å². The zero-order chi connectivity index (χ0) is 10.2. The molecule has 0 aromatic heterocycles. The average molecular weight is 204 g/mol. The normalized spacial score (nSPS) is 27.2. The van der Waals surface area contributed by atoms with Gasteiger partial charge < -0.3 is 4.74 Å². The Morgan fingerprint density at radius 3 is 2.86 bits per heavy atom. The number of hydrogen-bond donors (Lipinski definition) is 0. The summed E-state index contributed by atoms with van der Waals surface area (Å²) in [6.07, 6.45) is 0.200. The smallest absolute Gasteiger partial charge is 0.395 e. The maximum Gasteiger partial charge on any atom is 0.395 e. The maximum atomic E-state index is 12.4. The first-order chi connectivity index (χ1) is 6.57. The number of halogens is 3. The zero-order valence-corrected chi connectivity index (χ0v) is 7.60. The molecule has 0 saturated carbocycles. The van der Waals surface area contributed by atoms with Gasteiger partial charge in [0.2, 0.25) is 0 Å². The van der Waals surface area contributed by atoms with Crippen molar-refractivity contribution >= 4 is 0 Å². The second-order valence-corrected chi connectivity index (χ2v) is 3.63. The zero-order valence-electron chi connectivity index (χ0n) is 7.60. The lowest BCUT2D eigenvalue weighted by atomic mass is 9.89. The van der Waals surface area contributed by atoms with E-state index in [4.69, 9.17) is 4.74 Å². The summed E-state index contributed by atoms with van der Waals surface area (Å²) in [5, 5.41) is 0. The first-order valence-electron chi connectivity index (χ1n) is 4.67. The van der Waals surface area contributed by atoms with Crippen LogP contribution in [0.4, 0.5) is 13.2 Å². The number of hydrogen-bond acceptors (Lipinski definition) is 1. The highest BCUT2D eigenvalue weighted by Gasteiger charge is 2.40. The quantitative estimate of drug-likeness (QED) is 0.588. The molecule has 1 nitrogen and oxygen atoms in total. The number of ether oxygens (including phenoxy) is 1. The van der Waals surface area contributed by atoms with Gasteiger partial charge in [-0.15, -0.1) is 0 Å². The third kappa shape index (κ3) is 1.79. The largest absolute Gasteiger partial charge is 0.494 e. The van der Waals surface area contributed by atoms with Crippen LogP contribution in [0.3, 0.4) is 0 Å². The van der Waals surface area contributed by atoms with Crippen LogP contribution in [0.25, 0.3) is 0 Å². The van der Waals surface area contributed by atoms with Crippen LogP contribution in [-0.4, -0.2) is 12.8 Å². The van der Waals surface area contributed by atoms with Gasteiger partial charge >= 0.3 is 6.18 Å². The average Bonchev–Trinajstić information content (AvgIpc) is 2.16. The lowest BCUT2D eigenvalue weighted by Gasteiger charge is -2.27. The van der Waals surface area contributed by atoms with Gasteiger partial charge in [-0.1, -0.05) is 6.08 Å². The van der Waals surface area contributed by atoms with E-state index >= 15 is 0 Å². The lowest BCUT2D eigenvalue weighted by molar-refractivity contribution is -0.161. The van der Waals surface area contributed by atoms with Gasteiger partial charge in [-0.05, 0) is 30.9 Å². The van der Waals surface area contributed by atoms with Gasteiger partial charge in [0.25, 0.3) is 0 Å². The summed E-state index contributed by atoms with van der Waals surface area (Å²) < 4.78 is 42.4. The molecule has 0 bridgehead atoms. The molecule has 1 heterocycles. The highest BCUT2D eigenvalue weighted by Crippen LogP contribution is 2.38. The monoisotopic (exact) mass is 204 g/mol. The molecule has 4 heteroatoms. The molecule has 2 aliphatic rings. The van der Waals surface area contributed by atoms with Gasteiger partial charge in [-0.25, -0.2) is 0 Å². The molecule has 78 valence electrons. The van der Waals surface area contributed by atoms with E-state index in [2.05, 4.69) is 0 Å². The van der Waals surface area contributed by atoms with Crippen molar-refractivity contribution in [1.82, 2.24) is 0 Å². The minimum Gasteiger partial charge on any atom is -0.494 e. The topological polar surface area (TPSA) is 9.23 Å². The Labute approximate surface area is 80.2 Å². The van der Waals surface area contributed by atoms with E-state index < -0.39 is 12.1 Å². The fraction of sp³-hybridized carbons (Fsp3) is 0.600. The summed E-state index contributed by atoms with van der Waals surface area (Å²) in [5.41, 5.74) is 0.820. The molecule has 1 atom stereocenters. The molecular weight excluding hydrogens is 193 g/mol. The molecule has 14 heavy (non-hydrogen) atoms. The minimum absolute atomic E-state index is 0.0787. The van der Waals surface area contributed by atoms with E-state index in [1.807, 2.05) is 0 Å². The van der Waals surface area contributed by atoms with Crippen molar-refractivity contribution in [3.63, 3.8) is 0 Å². The predicted molar refractivity (Wildman–Crippen MR) is 45.5 cm³/mol. The van der Waals surface area contributed by atoms with Crippen LogP contribution in [0.1, 0.15) is 19.3 Å². The van der Waals surface area contributed by atoms with Crippen LogP contribution in [0, 0.1) is 5.92 Å². The Morgan fingerprint density at radius 1 is 1.36 bits per heavy atom. The first-order valence-corrected chi connectivity index (χ1v) is 4.67. The Balaban J connectivity index is 2.14. The number of allylic oxidation sites excluding steroid dienone is 3. The standard InChI is InChI=1S/C10H11F3O/c11-10(12,13)8-3-4-9-7(6-8)2-1-5-14-9/h3-4,8H,1-2,5-6H2. The minimum atomic E-state index is -4.12. The highest BCUT2D eigenvalue weighted by molar-refractivity contribution is 5.28. The number of alkyl halides is 3. The molecule has 1 aliphatic carbocycles. The van der Waals surface area contributed by atoms with Gasteiger partial charge in [0.1, 0.15) is 5.76 Å². The van der Waals surface area contributed by atoms with Crippen molar-refractivity contribution in [3.05, 3.63) is 23.5 Å². The molecule has 0 saturated heterocycles. The van der Waals surface area contributed by atoms with Crippen LogP contribution in [0.15, 0.2) is 23.5 Å². The molecule has 0 fully saturated rings. The van der Waals surface area contributed by atoms with Gasteiger partial charge in [0.05, 0.1) is 12.5 Å². The number of rotatable bonds is 0. The van der Waals surface area contributed by atoms with Crippen molar-refractivity contribution in [2.45, 2.75) is 25.4 Å². The molecule has 0 spiro atoms. The fourth-order valence-corrected chi connectivity index (χ4v) is 1.82. The Hall–Kier alpha value is -0.930. The summed E-state index contributed by atoms with van der Waals surface area (Å²) in [4.78, 5) is 0. The van der Waals surface area contributed by atoms with Gasteiger partial charge in [0, 0.05) is 0 Å². The van der Waals surface area contributed by atoms with Crippen molar-refractivity contribution in [2.75, 3.05) is 6.61 Å². The highest BCUT2D eigenvalue weighted by atomic mass is 19.4. The van der Waals surface area contributed by atoms with Gasteiger partial charge in [-0.3, -0.25) is 0 Å². The van der Waals surface area contributed by atoms with Crippen molar-refractivity contribution in [2.24, 2.45) is 5.92 Å². The Morgan fingerprint density at radius 2 is 2.14 bits per heavy atom. The third-order valence-electron chi connectivity index (χ3n) is 2.60. The summed E-state index contributed by atoms with van der Waals surface area (Å²) in [6.45, 7) is 0.625. The summed E-state index contributed by atoms with van der Waals surface area (Å²) in [7, 11) is 0. The fourth-order valence-electron chi connectivity index (χ4n) is 1.82. The predicted octanol–water partition coefficient (Wildman–Crippen LogP) is 3.19. The van der Waals surface area contributed by atoms with E-state index in [0.717, 1.165) is 18.4 Å². The van der Waals surface area contributed by atoms with Crippen LogP contribution in [0.2, 0.25) is 0 Å². The molecular formula is C10H11F3O. The van der Waals surface area contributed by atoms with Crippen molar-refractivity contribution in [3.8, 4) is 0 Å². The Kier molecular flexibility index (Phi) is 2.29. The van der Waals surface area contributed by atoms with E-state index in [0.29, 0.717) is 12.4 Å². The molecule has 0 radical (unpaired) electrons. The first kappa shape index (κ1) is 9.62. The molecule has 1 unspecified atom stereocenters. The van der Waals surface area contributed by atoms with Gasteiger partial charge in [-0.2, -0.15) is 13.2 Å². The summed E-state index contributed by atoms with van der Waals surface area (Å²) in [6, 6.07) is 0. The van der Waals surface area contributed by atoms with E-state index in [-0.39, 0.29) is 6.42 Å². The third-order valence-corrected chi connectivity index (χ3v) is 2.60. The summed E-state index contributed by atoms with van der Waals surface area (Å²) in [5.74, 6) is -0.653. The van der Waals surface area contributed by atoms with Crippen molar-refractivity contribution < 1.29 is 17.9 Å². The molecule has 0 amide bonds. The second-order valence-electron chi connectivity index (χ2n) is 3.63. The second kappa shape index (κ2) is 3.33. The summed E-state index contributed by atoms with van der Waals surface area (Å²) >= 11 is 0. The van der Waals surface area contributed by atoms with Crippen molar-refractivity contribution in [1.29, 1.82) is 0 Å². The lowest BCUT2D eigenvalue weighted by Crippen LogP contribution is -2.25. The molecule has 1 aliphatic heterocycles. The molecule has 0 N–H and O–H groups in total. The van der Waals surface area contributed by atoms with Gasteiger partial charge in [0.15, 0.2) is 0 Å². The van der Waals surface area contributed by atoms with E-state index in [9.17, 15) is 13.2 Å². The molecule has 0 aromatic rings. The van der Waals surface area contributed by atoms with E-state index in [1.165, 1.54) is 12.2 Å². The maximum absolute atomic E-state index is 12.4. The Bertz CT molecular complexity index is 288. The molecule has 2 rings (SSSR count). The van der Waals surface area contributed by atoms with Crippen LogP contribution in [0.5, 0.6) is 0 Å². The van der Waals surface area contributed by atoms with Crippen LogP contribution in [-0.2, 0) is 4.74 Å². The molecule has 0 aromatic carbocycles. The van der Waals surface area contributed by atoms with Crippen LogP contribution >= 0.6 is 0 Å².